The molecule has 0 atom stereocenters. The van der Waals surface area contributed by atoms with E-state index in [1.807, 2.05) is 60.9 Å². The quantitative estimate of drug-likeness (QED) is 0.547. The van der Waals surface area contributed by atoms with Crippen molar-refractivity contribution in [3.63, 3.8) is 0 Å². The summed E-state index contributed by atoms with van der Waals surface area (Å²) in [6.07, 6.45) is 0.910. The number of carbonyl (C=O) groups is 2. The molecule has 0 saturated heterocycles. The van der Waals surface area contributed by atoms with Gasteiger partial charge in [0.15, 0.2) is 0 Å². The number of aromatic nitrogens is 1. The minimum Gasteiger partial charge on any atom is -0.383 e. The first-order chi connectivity index (χ1) is 14.4. The molecule has 0 aliphatic heterocycles. The number of hydrogen-bond acceptors (Lipinski definition) is 3. The van der Waals surface area contributed by atoms with Crippen molar-refractivity contribution in [1.82, 2.24) is 9.88 Å². The zero-order valence-electron chi connectivity index (χ0n) is 18.0. The minimum absolute atomic E-state index is 0.127. The maximum atomic E-state index is 12.7. The molecule has 2 amide bonds. The molecule has 3 aromatic rings. The average molecular weight is 408 g/mol. The van der Waals surface area contributed by atoms with Gasteiger partial charge in [-0.3, -0.25) is 9.59 Å². The van der Waals surface area contributed by atoms with Crippen LogP contribution in [0.2, 0.25) is 0 Å². The van der Waals surface area contributed by atoms with Crippen molar-refractivity contribution in [2.75, 3.05) is 25.6 Å². The predicted octanol–water partition coefficient (Wildman–Crippen LogP) is 4.30. The predicted molar refractivity (Wildman–Crippen MR) is 120 cm³/mol. The zero-order chi connectivity index (χ0) is 21.7. The number of nitrogens with one attached hydrogen (secondary N) is 2. The van der Waals surface area contributed by atoms with E-state index in [0.717, 1.165) is 35.0 Å². The fraction of sp³-hybridized carbons (Fsp3) is 0.333. The maximum Gasteiger partial charge on any atom is 0.268 e. The average Bonchev–Trinajstić information content (AvgIpc) is 3.08. The number of benzene rings is 2. The Bertz CT molecular complexity index is 1070. The number of anilines is 1. The fourth-order valence-electron chi connectivity index (χ4n) is 3.44. The molecule has 2 N–H and O–H groups in total. The molecule has 0 radical (unpaired) electrons. The molecule has 158 valence electrons. The van der Waals surface area contributed by atoms with E-state index >= 15 is 0 Å². The van der Waals surface area contributed by atoms with Gasteiger partial charge in [-0.05, 0) is 67.8 Å². The van der Waals surface area contributed by atoms with Crippen LogP contribution < -0.4 is 10.6 Å². The molecule has 3 rings (SSSR count). The van der Waals surface area contributed by atoms with Crippen molar-refractivity contribution in [3.8, 4) is 0 Å². The topological polar surface area (TPSA) is 72.4 Å². The highest BCUT2D eigenvalue weighted by molar-refractivity contribution is 6.06. The Morgan fingerprint density at radius 3 is 2.50 bits per heavy atom. The van der Waals surface area contributed by atoms with Gasteiger partial charge in [-0.1, -0.05) is 13.0 Å². The summed E-state index contributed by atoms with van der Waals surface area (Å²) >= 11 is 0. The summed E-state index contributed by atoms with van der Waals surface area (Å²) in [7, 11) is 1.61. The number of hydrogen-bond donors (Lipinski definition) is 2. The third kappa shape index (κ3) is 4.71. The number of methoxy groups -OCH3 is 1. The Balaban J connectivity index is 1.86. The van der Waals surface area contributed by atoms with E-state index in [9.17, 15) is 9.59 Å². The van der Waals surface area contributed by atoms with Crippen LogP contribution in [0.15, 0.2) is 42.5 Å². The van der Waals surface area contributed by atoms with Gasteiger partial charge in [-0.25, -0.2) is 0 Å². The molecular formula is C24H29N3O3. The Labute approximate surface area is 177 Å². The number of aryl methyl sites for hydroxylation is 3. The highest BCUT2D eigenvalue weighted by Gasteiger charge is 2.16. The van der Waals surface area contributed by atoms with Gasteiger partial charge in [-0.15, -0.1) is 0 Å². The van der Waals surface area contributed by atoms with Crippen LogP contribution in [0.5, 0.6) is 0 Å². The Morgan fingerprint density at radius 1 is 1.00 bits per heavy atom. The largest absolute Gasteiger partial charge is 0.383 e. The van der Waals surface area contributed by atoms with Gasteiger partial charge in [0.2, 0.25) is 0 Å². The van der Waals surface area contributed by atoms with E-state index in [1.54, 1.807) is 7.11 Å². The Morgan fingerprint density at radius 2 is 1.80 bits per heavy atom. The van der Waals surface area contributed by atoms with E-state index in [-0.39, 0.29) is 11.8 Å². The van der Waals surface area contributed by atoms with Crippen molar-refractivity contribution >= 4 is 28.4 Å². The van der Waals surface area contributed by atoms with Gasteiger partial charge >= 0.3 is 0 Å². The Kier molecular flexibility index (Phi) is 6.90. The number of amides is 2. The standard InChI is InChI=1S/C24H29N3O3/c1-5-11-27-21-9-8-20(26-23(28)18-7-6-16(2)17(3)13-18)14-19(21)15-22(27)24(29)25-10-12-30-4/h6-9,13-15H,5,10-12H2,1-4H3,(H,25,29)(H,26,28). The summed E-state index contributed by atoms with van der Waals surface area (Å²) in [5.74, 6) is -0.277. The first kappa shape index (κ1) is 21.6. The molecule has 1 aromatic heterocycles. The van der Waals surface area contributed by atoms with Gasteiger partial charge in [0.1, 0.15) is 5.69 Å². The van der Waals surface area contributed by atoms with Crippen LogP contribution in [0, 0.1) is 13.8 Å². The van der Waals surface area contributed by atoms with Crippen LogP contribution in [0.25, 0.3) is 10.9 Å². The molecule has 0 aliphatic rings. The first-order valence-corrected chi connectivity index (χ1v) is 10.2. The number of nitrogens with zero attached hydrogens (tertiary/aromatic N) is 1. The minimum atomic E-state index is -0.150. The van der Waals surface area contributed by atoms with Gasteiger partial charge in [0.25, 0.3) is 11.8 Å². The second-order valence-electron chi connectivity index (χ2n) is 7.46. The highest BCUT2D eigenvalue weighted by Crippen LogP contribution is 2.25. The molecule has 0 bridgehead atoms. The maximum absolute atomic E-state index is 12.7. The van der Waals surface area contributed by atoms with E-state index in [1.165, 1.54) is 0 Å². The molecule has 0 unspecified atom stereocenters. The molecule has 0 saturated carbocycles. The summed E-state index contributed by atoms with van der Waals surface area (Å²) in [5, 5.41) is 6.76. The fourth-order valence-corrected chi connectivity index (χ4v) is 3.44. The van der Waals surface area contributed by atoms with Crippen LogP contribution in [0.4, 0.5) is 5.69 Å². The van der Waals surface area contributed by atoms with E-state index in [2.05, 4.69) is 17.6 Å². The molecule has 0 aliphatic carbocycles. The van der Waals surface area contributed by atoms with Crippen molar-refractivity contribution in [2.24, 2.45) is 0 Å². The monoisotopic (exact) mass is 407 g/mol. The normalized spacial score (nSPS) is 10.9. The molecule has 1 heterocycles. The van der Waals surface area contributed by atoms with Crippen molar-refractivity contribution in [1.29, 1.82) is 0 Å². The number of carbonyl (C=O) groups excluding carboxylic acids is 2. The second kappa shape index (κ2) is 9.59. The number of ether oxygens (including phenoxy) is 1. The third-order valence-corrected chi connectivity index (χ3v) is 5.20. The lowest BCUT2D eigenvalue weighted by Gasteiger charge is -2.10. The molecule has 6 nitrogen and oxygen atoms in total. The molecule has 6 heteroatoms. The summed E-state index contributed by atoms with van der Waals surface area (Å²) in [5.41, 5.74) is 5.14. The molecule has 30 heavy (non-hydrogen) atoms. The molecular weight excluding hydrogens is 378 g/mol. The lowest BCUT2D eigenvalue weighted by Crippen LogP contribution is -2.28. The first-order valence-electron chi connectivity index (χ1n) is 10.2. The smallest absolute Gasteiger partial charge is 0.268 e. The van der Waals surface area contributed by atoms with E-state index in [0.29, 0.717) is 30.1 Å². The molecule has 0 spiro atoms. The van der Waals surface area contributed by atoms with Crippen molar-refractivity contribution < 1.29 is 14.3 Å². The van der Waals surface area contributed by atoms with Gasteiger partial charge < -0.3 is 19.9 Å². The van der Waals surface area contributed by atoms with Crippen molar-refractivity contribution in [2.45, 2.75) is 33.7 Å². The lowest BCUT2D eigenvalue weighted by molar-refractivity contribution is 0.0927. The summed E-state index contributed by atoms with van der Waals surface area (Å²) in [6.45, 7) is 7.76. The number of fused-ring (bicyclic) bond motifs is 1. The van der Waals surface area contributed by atoms with Crippen molar-refractivity contribution in [3.05, 3.63) is 64.8 Å². The number of rotatable bonds is 8. The lowest BCUT2D eigenvalue weighted by atomic mass is 10.1. The Hall–Kier alpha value is -3.12. The summed E-state index contributed by atoms with van der Waals surface area (Å²) in [4.78, 5) is 25.3. The van der Waals surface area contributed by atoms with Gasteiger partial charge in [0, 0.05) is 42.4 Å². The SMILES string of the molecule is CCCn1c(C(=O)NCCOC)cc2cc(NC(=O)c3ccc(C)c(C)c3)ccc21. The summed E-state index contributed by atoms with van der Waals surface area (Å²) in [6, 6.07) is 13.3. The van der Waals surface area contributed by atoms with E-state index in [4.69, 9.17) is 4.74 Å². The van der Waals surface area contributed by atoms with Gasteiger partial charge in [0.05, 0.1) is 6.61 Å². The highest BCUT2D eigenvalue weighted by atomic mass is 16.5. The second-order valence-corrected chi connectivity index (χ2v) is 7.46. The third-order valence-electron chi connectivity index (χ3n) is 5.20. The van der Waals surface area contributed by atoms with E-state index < -0.39 is 0 Å². The zero-order valence-corrected chi connectivity index (χ0v) is 18.0. The van der Waals surface area contributed by atoms with Crippen LogP contribution in [-0.4, -0.2) is 36.6 Å². The van der Waals surface area contributed by atoms with Gasteiger partial charge in [-0.2, -0.15) is 0 Å². The van der Waals surface area contributed by atoms with Crippen LogP contribution in [-0.2, 0) is 11.3 Å². The van der Waals surface area contributed by atoms with Crippen LogP contribution in [0.3, 0.4) is 0 Å². The molecule has 0 fully saturated rings. The molecule has 2 aromatic carbocycles. The van der Waals surface area contributed by atoms with Crippen LogP contribution in [0.1, 0.15) is 45.3 Å². The summed E-state index contributed by atoms with van der Waals surface area (Å²) < 4.78 is 7.03. The van der Waals surface area contributed by atoms with Crippen LogP contribution >= 0.6 is 0 Å².